The zero-order valence-corrected chi connectivity index (χ0v) is 11.5. The Morgan fingerprint density at radius 1 is 1.17 bits per heavy atom. The SMILES string of the molecule is Cc1cc(CN)ccc1Oc1ccc(F)cc1Br. The van der Waals surface area contributed by atoms with Crippen LogP contribution in [-0.4, -0.2) is 0 Å². The Hall–Kier alpha value is -1.39. The maximum Gasteiger partial charge on any atom is 0.141 e. The Kier molecular flexibility index (Phi) is 3.99. The summed E-state index contributed by atoms with van der Waals surface area (Å²) in [5.41, 5.74) is 7.62. The number of ether oxygens (including phenoxy) is 1. The quantitative estimate of drug-likeness (QED) is 0.924. The summed E-state index contributed by atoms with van der Waals surface area (Å²) in [6, 6.07) is 10.1. The average molecular weight is 310 g/mol. The van der Waals surface area contributed by atoms with Gasteiger partial charge in [0, 0.05) is 6.54 Å². The molecule has 0 saturated carbocycles. The molecule has 18 heavy (non-hydrogen) atoms. The number of rotatable bonds is 3. The van der Waals surface area contributed by atoms with Gasteiger partial charge in [-0.3, -0.25) is 0 Å². The lowest BCUT2D eigenvalue weighted by atomic mass is 10.1. The van der Waals surface area contributed by atoms with Crippen LogP contribution in [0.25, 0.3) is 0 Å². The van der Waals surface area contributed by atoms with Gasteiger partial charge in [0.15, 0.2) is 0 Å². The van der Waals surface area contributed by atoms with E-state index in [2.05, 4.69) is 15.9 Å². The van der Waals surface area contributed by atoms with Gasteiger partial charge in [-0.25, -0.2) is 4.39 Å². The van der Waals surface area contributed by atoms with Crippen LogP contribution in [0.2, 0.25) is 0 Å². The Bertz CT molecular complexity index is 572. The number of aryl methyl sites for hydroxylation is 1. The van der Waals surface area contributed by atoms with Gasteiger partial charge in [-0.2, -0.15) is 0 Å². The number of hydrogen-bond acceptors (Lipinski definition) is 2. The number of hydrogen-bond donors (Lipinski definition) is 1. The molecule has 0 radical (unpaired) electrons. The maximum absolute atomic E-state index is 13.0. The van der Waals surface area contributed by atoms with Gasteiger partial charge in [0.2, 0.25) is 0 Å². The molecule has 0 atom stereocenters. The molecule has 0 saturated heterocycles. The first-order valence-corrected chi connectivity index (χ1v) is 6.32. The van der Waals surface area contributed by atoms with Gasteiger partial charge in [0.1, 0.15) is 17.3 Å². The molecule has 2 aromatic carbocycles. The highest BCUT2D eigenvalue weighted by molar-refractivity contribution is 9.10. The van der Waals surface area contributed by atoms with Crippen LogP contribution in [-0.2, 0) is 6.54 Å². The van der Waals surface area contributed by atoms with E-state index in [0.29, 0.717) is 16.8 Å². The van der Waals surface area contributed by atoms with Crippen LogP contribution in [0.15, 0.2) is 40.9 Å². The van der Waals surface area contributed by atoms with Crippen LogP contribution in [0.4, 0.5) is 4.39 Å². The van der Waals surface area contributed by atoms with E-state index in [-0.39, 0.29) is 5.82 Å². The largest absolute Gasteiger partial charge is 0.456 e. The molecule has 2 N–H and O–H groups in total. The second-order valence-corrected chi connectivity index (χ2v) is 4.84. The van der Waals surface area contributed by atoms with E-state index in [0.717, 1.165) is 16.9 Å². The smallest absolute Gasteiger partial charge is 0.141 e. The lowest BCUT2D eigenvalue weighted by molar-refractivity contribution is 0.473. The normalized spacial score (nSPS) is 10.4. The third kappa shape index (κ3) is 2.89. The molecule has 94 valence electrons. The first kappa shape index (κ1) is 13.1. The summed E-state index contributed by atoms with van der Waals surface area (Å²) in [5.74, 6) is 1.02. The molecule has 0 bridgehead atoms. The molecule has 0 aliphatic carbocycles. The maximum atomic E-state index is 13.0. The van der Waals surface area contributed by atoms with Crippen LogP contribution in [0.1, 0.15) is 11.1 Å². The van der Waals surface area contributed by atoms with E-state index in [1.165, 1.54) is 12.1 Å². The lowest BCUT2D eigenvalue weighted by Crippen LogP contribution is -1.97. The van der Waals surface area contributed by atoms with E-state index in [4.69, 9.17) is 10.5 Å². The third-order valence-electron chi connectivity index (χ3n) is 2.59. The molecule has 0 aromatic heterocycles. The number of halogens is 2. The van der Waals surface area contributed by atoms with Crippen molar-refractivity contribution < 1.29 is 9.13 Å². The van der Waals surface area contributed by atoms with E-state index in [1.807, 2.05) is 25.1 Å². The lowest BCUT2D eigenvalue weighted by Gasteiger charge is -2.11. The Morgan fingerprint density at radius 2 is 1.89 bits per heavy atom. The molecular weight excluding hydrogens is 297 g/mol. The molecule has 0 spiro atoms. The Labute approximate surface area is 114 Å². The van der Waals surface area contributed by atoms with Crippen molar-refractivity contribution in [3.63, 3.8) is 0 Å². The summed E-state index contributed by atoms with van der Waals surface area (Å²) in [6.45, 7) is 2.45. The minimum Gasteiger partial charge on any atom is -0.456 e. The number of nitrogens with two attached hydrogens (primary N) is 1. The average Bonchev–Trinajstić information content (AvgIpc) is 2.34. The standard InChI is InChI=1S/C14H13BrFNO/c1-9-6-10(8-17)2-4-13(9)18-14-5-3-11(16)7-12(14)15/h2-7H,8,17H2,1H3. The van der Waals surface area contributed by atoms with Crippen LogP contribution in [0.3, 0.4) is 0 Å². The fourth-order valence-electron chi connectivity index (χ4n) is 1.63. The molecule has 0 heterocycles. The van der Waals surface area contributed by atoms with Crippen molar-refractivity contribution >= 4 is 15.9 Å². The fourth-order valence-corrected chi connectivity index (χ4v) is 2.06. The first-order valence-electron chi connectivity index (χ1n) is 5.52. The van der Waals surface area contributed by atoms with Gasteiger partial charge >= 0.3 is 0 Å². The molecule has 2 nitrogen and oxygen atoms in total. The zero-order chi connectivity index (χ0) is 13.1. The third-order valence-corrected chi connectivity index (χ3v) is 3.21. The molecule has 0 amide bonds. The monoisotopic (exact) mass is 309 g/mol. The van der Waals surface area contributed by atoms with E-state index in [9.17, 15) is 4.39 Å². The van der Waals surface area contributed by atoms with Crippen molar-refractivity contribution in [2.75, 3.05) is 0 Å². The summed E-state index contributed by atoms with van der Waals surface area (Å²) in [7, 11) is 0. The van der Waals surface area contributed by atoms with Gasteiger partial charge < -0.3 is 10.5 Å². The molecule has 0 fully saturated rings. The van der Waals surface area contributed by atoms with Crippen molar-refractivity contribution in [1.82, 2.24) is 0 Å². The molecule has 0 unspecified atom stereocenters. The van der Waals surface area contributed by atoms with E-state index in [1.54, 1.807) is 6.07 Å². The first-order chi connectivity index (χ1) is 8.60. The molecule has 2 aromatic rings. The minimum absolute atomic E-state index is 0.301. The summed E-state index contributed by atoms with van der Waals surface area (Å²) in [6.07, 6.45) is 0. The summed E-state index contributed by atoms with van der Waals surface area (Å²) in [4.78, 5) is 0. The Morgan fingerprint density at radius 3 is 2.50 bits per heavy atom. The predicted molar refractivity (Wildman–Crippen MR) is 73.2 cm³/mol. The molecule has 4 heteroatoms. The van der Waals surface area contributed by atoms with Gasteiger partial charge in [-0.05, 0) is 58.2 Å². The molecule has 2 rings (SSSR count). The van der Waals surface area contributed by atoms with Gasteiger partial charge in [0.05, 0.1) is 4.47 Å². The van der Waals surface area contributed by atoms with E-state index >= 15 is 0 Å². The van der Waals surface area contributed by atoms with Crippen LogP contribution < -0.4 is 10.5 Å². The topological polar surface area (TPSA) is 35.2 Å². The predicted octanol–water partition coefficient (Wildman–Crippen LogP) is 4.15. The van der Waals surface area contributed by atoms with E-state index < -0.39 is 0 Å². The highest BCUT2D eigenvalue weighted by Gasteiger charge is 2.06. The van der Waals surface area contributed by atoms with Crippen molar-refractivity contribution in [2.24, 2.45) is 5.73 Å². The number of benzene rings is 2. The molecular formula is C14H13BrFNO. The van der Waals surface area contributed by atoms with Crippen molar-refractivity contribution in [3.05, 3.63) is 57.8 Å². The van der Waals surface area contributed by atoms with Crippen LogP contribution in [0.5, 0.6) is 11.5 Å². The summed E-state index contributed by atoms with van der Waals surface area (Å²) < 4.78 is 19.3. The highest BCUT2D eigenvalue weighted by atomic mass is 79.9. The van der Waals surface area contributed by atoms with Gasteiger partial charge in [0.25, 0.3) is 0 Å². The van der Waals surface area contributed by atoms with Gasteiger partial charge in [-0.15, -0.1) is 0 Å². The Balaban J connectivity index is 2.28. The zero-order valence-electron chi connectivity index (χ0n) is 9.91. The highest BCUT2D eigenvalue weighted by Crippen LogP contribution is 2.32. The van der Waals surface area contributed by atoms with Crippen LogP contribution >= 0.6 is 15.9 Å². The van der Waals surface area contributed by atoms with Crippen molar-refractivity contribution in [2.45, 2.75) is 13.5 Å². The van der Waals surface area contributed by atoms with Crippen molar-refractivity contribution in [3.8, 4) is 11.5 Å². The summed E-state index contributed by atoms with van der Waals surface area (Å²) >= 11 is 3.27. The van der Waals surface area contributed by atoms with Crippen molar-refractivity contribution in [1.29, 1.82) is 0 Å². The second kappa shape index (κ2) is 5.50. The fraction of sp³-hybridized carbons (Fsp3) is 0.143. The second-order valence-electron chi connectivity index (χ2n) is 3.98. The van der Waals surface area contributed by atoms with Gasteiger partial charge in [-0.1, -0.05) is 12.1 Å². The minimum atomic E-state index is -0.301. The van der Waals surface area contributed by atoms with Crippen LogP contribution in [0, 0.1) is 12.7 Å². The summed E-state index contributed by atoms with van der Waals surface area (Å²) in [5, 5.41) is 0. The molecule has 0 aliphatic rings. The molecule has 0 aliphatic heterocycles.